The average Bonchev–Trinajstić information content (AvgIpc) is 2.09. The zero-order valence-corrected chi connectivity index (χ0v) is 9.09. The third-order valence-corrected chi connectivity index (χ3v) is 1.78. The Kier molecular flexibility index (Phi) is 6.66. The number of carbonyl (C=O) groups is 1. The van der Waals surface area contributed by atoms with Crippen molar-refractivity contribution in [3.05, 3.63) is 34.6 Å². The quantitative estimate of drug-likeness (QED) is 0.822. The number of aliphatic carboxylic acids is 1. The van der Waals surface area contributed by atoms with E-state index in [1.54, 1.807) is 6.07 Å². The van der Waals surface area contributed by atoms with E-state index in [-0.39, 0.29) is 5.82 Å². The second-order valence-electron chi connectivity index (χ2n) is 2.79. The maximum atomic E-state index is 12.5. The van der Waals surface area contributed by atoms with Crippen molar-refractivity contribution < 1.29 is 14.3 Å². The highest BCUT2D eigenvalue weighted by molar-refractivity contribution is 6.31. The topological polar surface area (TPSA) is 63.3 Å². The molecule has 3 nitrogen and oxygen atoms in total. The third-order valence-electron chi connectivity index (χ3n) is 1.43. The first kappa shape index (κ1) is 13.9. The Balaban J connectivity index is 0.000000423. The van der Waals surface area contributed by atoms with Crippen molar-refractivity contribution in [2.45, 2.75) is 13.3 Å². The lowest BCUT2D eigenvalue weighted by molar-refractivity contribution is -0.134. The summed E-state index contributed by atoms with van der Waals surface area (Å²) >= 11 is 5.71. The average molecular weight is 234 g/mol. The highest BCUT2D eigenvalue weighted by atomic mass is 35.5. The first-order valence-electron chi connectivity index (χ1n) is 4.31. The van der Waals surface area contributed by atoms with Gasteiger partial charge in [0, 0.05) is 11.9 Å². The highest BCUT2D eigenvalue weighted by Crippen LogP contribution is 2.16. The van der Waals surface area contributed by atoms with Gasteiger partial charge in [-0.3, -0.25) is 4.79 Å². The Morgan fingerprint density at radius 1 is 1.60 bits per heavy atom. The summed E-state index contributed by atoms with van der Waals surface area (Å²) in [6.07, 6.45) is 0.694. The molecule has 1 aromatic rings. The summed E-state index contributed by atoms with van der Waals surface area (Å²) in [5.41, 5.74) is 6.21. The van der Waals surface area contributed by atoms with Crippen LogP contribution in [0, 0.1) is 5.82 Å². The number of carboxylic acids is 1. The van der Waals surface area contributed by atoms with Gasteiger partial charge in [-0.25, -0.2) is 4.39 Å². The molecule has 3 N–H and O–H groups in total. The molecule has 0 heterocycles. The predicted octanol–water partition coefficient (Wildman–Crippen LogP) is 2.07. The fraction of sp³-hybridized carbons (Fsp3) is 0.300. The number of hydrogen-bond acceptors (Lipinski definition) is 2. The van der Waals surface area contributed by atoms with E-state index in [9.17, 15) is 4.39 Å². The van der Waals surface area contributed by atoms with Gasteiger partial charge in [0.25, 0.3) is 5.97 Å². The Labute approximate surface area is 92.7 Å². The van der Waals surface area contributed by atoms with Gasteiger partial charge in [-0.05, 0) is 30.7 Å². The first-order chi connectivity index (χ1) is 6.97. The maximum absolute atomic E-state index is 12.5. The largest absolute Gasteiger partial charge is 0.481 e. The molecule has 0 fully saturated rings. The lowest BCUT2D eigenvalue weighted by Gasteiger charge is -2.00. The summed E-state index contributed by atoms with van der Waals surface area (Å²) in [5.74, 6) is -1.14. The van der Waals surface area contributed by atoms with E-state index in [1.165, 1.54) is 12.1 Å². The van der Waals surface area contributed by atoms with Crippen molar-refractivity contribution >= 4 is 17.6 Å². The van der Waals surface area contributed by atoms with E-state index >= 15 is 0 Å². The molecular weight excluding hydrogens is 221 g/mol. The molecule has 0 atom stereocenters. The molecule has 0 saturated carbocycles. The van der Waals surface area contributed by atoms with Gasteiger partial charge in [-0.1, -0.05) is 17.7 Å². The number of nitrogens with two attached hydrogens (primary N) is 1. The second kappa shape index (κ2) is 7.20. The van der Waals surface area contributed by atoms with Crippen molar-refractivity contribution in [3.8, 4) is 0 Å². The summed E-state index contributed by atoms with van der Waals surface area (Å²) in [6, 6.07) is 4.34. The molecule has 1 rings (SSSR count). The van der Waals surface area contributed by atoms with Gasteiger partial charge in [0.2, 0.25) is 0 Å². The molecule has 0 spiro atoms. The molecule has 0 aliphatic carbocycles. The lowest BCUT2D eigenvalue weighted by Crippen LogP contribution is -2.03. The van der Waals surface area contributed by atoms with Gasteiger partial charge in [-0.15, -0.1) is 0 Å². The van der Waals surface area contributed by atoms with E-state index in [2.05, 4.69) is 0 Å². The predicted molar refractivity (Wildman–Crippen MR) is 57.5 cm³/mol. The van der Waals surface area contributed by atoms with Crippen LogP contribution in [0.25, 0.3) is 0 Å². The molecule has 15 heavy (non-hydrogen) atoms. The molecule has 0 amide bonds. The van der Waals surface area contributed by atoms with E-state index in [4.69, 9.17) is 27.2 Å². The van der Waals surface area contributed by atoms with Crippen LogP contribution in [0.1, 0.15) is 12.5 Å². The molecule has 5 heteroatoms. The number of halogens is 2. The van der Waals surface area contributed by atoms with E-state index in [0.717, 1.165) is 12.5 Å². The SMILES string of the molecule is CC(=O)O.NCCc1ccc(F)cc1Cl. The molecule has 1 aromatic carbocycles. The number of benzene rings is 1. The van der Waals surface area contributed by atoms with E-state index in [1.807, 2.05) is 0 Å². The minimum absolute atomic E-state index is 0.309. The van der Waals surface area contributed by atoms with Crippen molar-refractivity contribution in [1.82, 2.24) is 0 Å². The van der Waals surface area contributed by atoms with Crippen LogP contribution in [0.5, 0.6) is 0 Å². The molecular formula is C10H13ClFNO2. The van der Waals surface area contributed by atoms with Crippen LogP contribution in [0.2, 0.25) is 5.02 Å². The van der Waals surface area contributed by atoms with Gasteiger partial charge < -0.3 is 10.8 Å². The van der Waals surface area contributed by atoms with Gasteiger partial charge in [-0.2, -0.15) is 0 Å². The monoisotopic (exact) mass is 233 g/mol. The summed E-state index contributed by atoms with van der Waals surface area (Å²) < 4.78 is 12.5. The van der Waals surface area contributed by atoms with Crippen LogP contribution in [-0.2, 0) is 11.2 Å². The zero-order chi connectivity index (χ0) is 11.8. The highest BCUT2D eigenvalue weighted by Gasteiger charge is 1.99. The second-order valence-corrected chi connectivity index (χ2v) is 3.20. The first-order valence-corrected chi connectivity index (χ1v) is 4.68. The van der Waals surface area contributed by atoms with Crippen molar-refractivity contribution in [2.24, 2.45) is 5.73 Å². The number of carboxylic acid groups (broad SMARTS) is 1. The molecule has 0 aromatic heterocycles. The molecule has 84 valence electrons. The Hall–Kier alpha value is -1.13. The van der Waals surface area contributed by atoms with Crippen LogP contribution in [0.15, 0.2) is 18.2 Å². The Morgan fingerprint density at radius 2 is 2.13 bits per heavy atom. The van der Waals surface area contributed by atoms with Crippen LogP contribution in [-0.4, -0.2) is 17.6 Å². The minimum atomic E-state index is -0.833. The summed E-state index contributed by atoms with van der Waals surface area (Å²) in [7, 11) is 0. The van der Waals surface area contributed by atoms with Gasteiger partial charge >= 0.3 is 0 Å². The summed E-state index contributed by atoms with van der Waals surface area (Å²) in [5, 5.41) is 7.87. The van der Waals surface area contributed by atoms with Crippen LogP contribution in [0.3, 0.4) is 0 Å². The fourth-order valence-electron chi connectivity index (χ4n) is 0.880. The van der Waals surface area contributed by atoms with Gasteiger partial charge in [0.05, 0.1) is 0 Å². The van der Waals surface area contributed by atoms with Crippen molar-refractivity contribution in [3.63, 3.8) is 0 Å². The van der Waals surface area contributed by atoms with Gasteiger partial charge in [0.15, 0.2) is 0 Å². The van der Waals surface area contributed by atoms with Crippen LogP contribution in [0.4, 0.5) is 4.39 Å². The molecule has 0 bridgehead atoms. The zero-order valence-electron chi connectivity index (χ0n) is 8.34. The van der Waals surface area contributed by atoms with Crippen molar-refractivity contribution in [2.75, 3.05) is 6.54 Å². The number of hydrogen-bond donors (Lipinski definition) is 2. The minimum Gasteiger partial charge on any atom is -0.481 e. The third kappa shape index (κ3) is 6.88. The Bertz CT molecular complexity index is 327. The Morgan fingerprint density at radius 3 is 2.53 bits per heavy atom. The van der Waals surface area contributed by atoms with Crippen LogP contribution < -0.4 is 5.73 Å². The standard InChI is InChI=1S/C8H9ClFN.C2H4O2/c9-8-5-7(10)2-1-6(8)3-4-11;1-2(3)4/h1-2,5H,3-4,11H2;1H3,(H,3,4). The molecule has 0 saturated heterocycles. The van der Waals surface area contributed by atoms with Gasteiger partial charge in [0.1, 0.15) is 5.82 Å². The van der Waals surface area contributed by atoms with E-state index < -0.39 is 5.97 Å². The molecule has 0 radical (unpaired) electrons. The smallest absolute Gasteiger partial charge is 0.300 e. The maximum Gasteiger partial charge on any atom is 0.300 e. The molecule has 0 aliphatic heterocycles. The number of rotatable bonds is 2. The lowest BCUT2D eigenvalue weighted by atomic mass is 10.1. The fourth-order valence-corrected chi connectivity index (χ4v) is 1.14. The van der Waals surface area contributed by atoms with Crippen molar-refractivity contribution in [1.29, 1.82) is 0 Å². The van der Waals surface area contributed by atoms with Crippen LogP contribution >= 0.6 is 11.6 Å². The summed E-state index contributed by atoms with van der Waals surface area (Å²) in [6.45, 7) is 1.62. The molecule has 0 unspecified atom stereocenters. The normalized spacial score (nSPS) is 9.07. The van der Waals surface area contributed by atoms with E-state index in [0.29, 0.717) is 18.0 Å². The molecule has 0 aliphatic rings. The summed E-state index contributed by atoms with van der Waals surface area (Å²) in [4.78, 5) is 9.00.